The summed E-state index contributed by atoms with van der Waals surface area (Å²) in [4.78, 5) is 5.42. The van der Waals surface area contributed by atoms with Gasteiger partial charge in [0.05, 0.1) is 0 Å². The first kappa shape index (κ1) is 12.9. The summed E-state index contributed by atoms with van der Waals surface area (Å²) in [5.74, 6) is 0.732. The lowest BCUT2D eigenvalue weighted by Crippen LogP contribution is -2.53. The smallest absolute Gasteiger partial charge is 0.0125 e. The van der Waals surface area contributed by atoms with Crippen LogP contribution in [-0.4, -0.2) is 54.1 Å². The van der Waals surface area contributed by atoms with Crippen molar-refractivity contribution in [2.24, 2.45) is 11.7 Å². The van der Waals surface area contributed by atoms with E-state index in [1.165, 1.54) is 51.6 Å². The predicted molar refractivity (Wildman–Crippen MR) is 75.5 cm³/mol. The fraction of sp³-hybridized carbons (Fsp3) is 1.00. The van der Waals surface area contributed by atoms with Crippen LogP contribution in [0.15, 0.2) is 0 Å². The molecule has 3 aliphatic rings. The van der Waals surface area contributed by atoms with Crippen LogP contribution in [0, 0.1) is 5.92 Å². The third kappa shape index (κ3) is 2.33. The second-order valence-electron chi connectivity index (χ2n) is 6.93. The molecule has 0 amide bonds. The number of hydrogen-bond donors (Lipinski definition) is 1. The Hall–Kier alpha value is -0.120. The van der Waals surface area contributed by atoms with E-state index in [1.54, 1.807) is 0 Å². The fourth-order valence-electron chi connectivity index (χ4n) is 4.48. The molecule has 0 spiro atoms. The molecule has 2 bridgehead atoms. The SMILES string of the molecule is CC(N)C1CCCN(C2CC3CCC(C2)N3C)C1. The van der Waals surface area contributed by atoms with E-state index in [0.717, 1.165) is 24.0 Å². The minimum Gasteiger partial charge on any atom is -0.328 e. The first-order valence-corrected chi connectivity index (χ1v) is 7.86. The van der Waals surface area contributed by atoms with Crippen molar-refractivity contribution in [3.05, 3.63) is 0 Å². The lowest BCUT2D eigenvalue weighted by molar-refractivity contribution is 0.0446. The van der Waals surface area contributed by atoms with Crippen molar-refractivity contribution in [3.8, 4) is 0 Å². The molecule has 0 saturated carbocycles. The van der Waals surface area contributed by atoms with Gasteiger partial charge in [-0.3, -0.25) is 4.90 Å². The monoisotopic (exact) mass is 251 g/mol. The molecule has 3 rings (SSSR count). The molecule has 4 unspecified atom stereocenters. The summed E-state index contributed by atoms with van der Waals surface area (Å²) in [5.41, 5.74) is 6.11. The highest BCUT2D eigenvalue weighted by molar-refractivity contribution is 4.97. The molecule has 18 heavy (non-hydrogen) atoms. The van der Waals surface area contributed by atoms with Gasteiger partial charge < -0.3 is 10.6 Å². The number of rotatable bonds is 2. The lowest BCUT2D eigenvalue weighted by atomic mass is 9.88. The Labute approximate surface area is 112 Å². The average Bonchev–Trinajstić information content (AvgIpc) is 2.61. The van der Waals surface area contributed by atoms with Crippen molar-refractivity contribution in [2.75, 3.05) is 20.1 Å². The van der Waals surface area contributed by atoms with Gasteiger partial charge in [0.1, 0.15) is 0 Å². The van der Waals surface area contributed by atoms with Gasteiger partial charge in [0.25, 0.3) is 0 Å². The van der Waals surface area contributed by atoms with E-state index in [9.17, 15) is 0 Å². The van der Waals surface area contributed by atoms with Gasteiger partial charge in [-0.2, -0.15) is 0 Å². The van der Waals surface area contributed by atoms with Crippen molar-refractivity contribution in [2.45, 2.75) is 69.6 Å². The molecule has 3 nitrogen and oxygen atoms in total. The van der Waals surface area contributed by atoms with E-state index in [1.807, 2.05) is 0 Å². The van der Waals surface area contributed by atoms with Gasteiger partial charge in [0, 0.05) is 30.7 Å². The van der Waals surface area contributed by atoms with Gasteiger partial charge in [0.2, 0.25) is 0 Å². The zero-order valence-corrected chi connectivity index (χ0v) is 12.0. The van der Waals surface area contributed by atoms with Crippen molar-refractivity contribution < 1.29 is 0 Å². The lowest BCUT2D eigenvalue weighted by Gasteiger charge is -2.45. The molecule has 0 aromatic heterocycles. The highest BCUT2D eigenvalue weighted by atomic mass is 15.2. The molecule has 3 saturated heterocycles. The Bertz CT molecular complexity index is 277. The van der Waals surface area contributed by atoms with Crippen molar-refractivity contribution in [1.82, 2.24) is 9.80 Å². The summed E-state index contributed by atoms with van der Waals surface area (Å²) in [6, 6.07) is 2.95. The van der Waals surface area contributed by atoms with Crippen molar-refractivity contribution in [3.63, 3.8) is 0 Å². The van der Waals surface area contributed by atoms with Crippen LogP contribution in [0.25, 0.3) is 0 Å². The third-order valence-corrected chi connectivity index (χ3v) is 5.82. The van der Waals surface area contributed by atoms with Crippen LogP contribution in [-0.2, 0) is 0 Å². The zero-order valence-electron chi connectivity index (χ0n) is 12.0. The summed E-state index contributed by atoms with van der Waals surface area (Å²) < 4.78 is 0. The van der Waals surface area contributed by atoms with Crippen LogP contribution in [0.5, 0.6) is 0 Å². The average molecular weight is 251 g/mol. The minimum absolute atomic E-state index is 0.371. The predicted octanol–water partition coefficient (Wildman–Crippen LogP) is 1.67. The Morgan fingerprint density at radius 3 is 2.33 bits per heavy atom. The largest absolute Gasteiger partial charge is 0.328 e. The van der Waals surface area contributed by atoms with Gasteiger partial charge in [-0.05, 0) is 65.0 Å². The topological polar surface area (TPSA) is 32.5 Å². The normalized spacial score (nSPS) is 44.2. The number of nitrogens with two attached hydrogens (primary N) is 1. The van der Waals surface area contributed by atoms with Crippen LogP contribution in [0.3, 0.4) is 0 Å². The van der Waals surface area contributed by atoms with Gasteiger partial charge in [0.15, 0.2) is 0 Å². The standard InChI is InChI=1S/C15H29N3/c1-11(16)12-4-3-7-18(10-12)15-8-13-5-6-14(9-15)17(13)2/h11-15H,3-10,16H2,1-2H3. The molecule has 3 heteroatoms. The van der Waals surface area contributed by atoms with Gasteiger partial charge >= 0.3 is 0 Å². The highest BCUT2D eigenvalue weighted by Gasteiger charge is 2.41. The molecule has 0 aliphatic carbocycles. The van der Waals surface area contributed by atoms with Gasteiger partial charge in [-0.15, -0.1) is 0 Å². The molecule has 2 N–H and O–H groups in total. The molecule has 3 heterocycles. The van der Waals surface area contributed by atoms with Gasteiger partial charge in [-0.1, -0.05) is 0 Å². The number of hydrogen-bond acceptors (Lipinski definition) is 3. The second-order valence-corrected chi connectivity index (χ2v) is 6.93. The van der Waals surface area contributed by atoms with E-state index < -0.39 is 0 Å². The Balaban J connectivity index is 1.62. The van der Waals surface area contributed by atoms with Crippen LogP contribution in [0.1, 0.15) is 45.4 Å². The number of fused-ring (bicyclic) bond motifs is 2. The molecular weight excluding hydrogens is 222 g/mol. The molecule has 0 aromatic rings. The molecule has 104 valence electrons. The van der Waals surface area contributed by atoms with Crippen LogP contribution in [0.2, 0.25) is 0 Å². The van der Waals surface area contributed by atoms with Crippen LogP contribution in [0.4, 0.5) is 0 Å². The number of nitrogens with zero attached hydrogens (tertiary/aromatic N) is 2. The Morgan fingerprint density at radius 2 is 1.72 bits per heavy atom. The Morgan fingerprint density at radius 1 is 1.06 bits per heavy atom. The Kier molecular flexibility index (Phi) is 3.65. The summed E-state index contributed by atoms with van der Waals surface area (Å²) >= 11 is 0. The maximum atomic E-state index is 6.11. The van der Waals surface area contributed by atoms with E-state index in [-0.39, 0.29) is 0 Å². The number of likely N-dealkylation sites (tertiary alicyclic amines) is 1. The summed E-state index contributed by atoms with van der Waals surface area (Å²) in [7, 11) is 2.33. The van der Waals surface area contributed by atoms with E-state index >= 15 is 0 Å². The third-order valence-electron chi connectivity index (χ3n) is 5.82. The summed E-state index contributed by atoms with van der Waals surface area (Å²) in [5, 5.41) is 0. The molecule has 3 aliphatic heterocycles. The fourth-order valence-corrected chi connectivity index (χ4v) is 4.48. The van der Waals surface area contributed by atoms with E-state index in [4.69, 9.17) is 5.73 Å². The van der Waals surface area contributed by atoms with Crippen LogP contribution < -0.4 is 5.73 Å². The molecule has 4 atom stereocenters. The minimum atomic E-state index is 0.371. The maximum Gasteiger partial charge on any atom is 0.0125 e. The summed E-state index contributed by atoms with van der Waals surface area (Å²) in [6.45, 7) is 4.76. The quantitative estimate of drug-likeness (QED) is 0.810. The van der Waals surface area contributed by atoms with Crippen molar-refractivity contribution in [1.29, 1.82) is 0 Å². The molecule has 3 fully saturated rings. The molecule has 0 aromatic carbocycles. The number of piperidine rings is 2. The maximum absolute atomic E-state index is 6.11. The molecule has 0 radical (unpaired) electrons. The molecular formula is C15H29N3. The highest BCUT2D eigenvalue weighted by Crippen LogP contribution is 2.37. The zero-order chi connectivity index (χ0) is 12.7. The first-order chi connectivity index (χ1) is 8.65. The van der Waals surface area contributed by atoms with Gasteiger partial charge in [-0.25, -0.2) is 0 Å². The van der Waals surface area contributed by atoms with E-state index in [2.05, 4.69) is 23.8 Å². The first-order valence-electron chi connectivity index (χ1n) is 7.86. The van der Waals surface area contributed by atoms with Crippen LogP contribution >= 0.6 is 0 Å². The second kappa shape index (κ2) is 5.10. The van der Waals surface area contributed by atoms with Crippen molar-refractivity contribution >= 4 is 0 Å². The summed E-state index contributed by atoms with van der Waals surface area (Å²) in [6.07, 6.45) is 8.36. The van der Waals surface area contributed by atoms with E-state index in [0.29, 0.717) is 6.04 Å².